The molecule has 0 spiro atoms. The van der Waals surface area contributed by atoms with Crippen LogP contribution in [0.5, 0.6) is 0 Å². The van der Waals surface area contributed by atoms with Gasteiger partial charge in [0.15, 0.2) is 0 Å². The molecular weight excluding hydrogens is 252 g/mol. The minimum Gasteiger partial charge on any atom is -0.394 e. The molecule has 0 aliphatic carbocycles. The lowest BCUT2D eigenvalue weighted by Gasteiger charge is -2.31. The molecule has 104 valence electrons. The molecule has 1 aromatic heterocycles. The van der Waals surface area contributed by atoms with E-state index in [2.05, 4.69) is 16.9 Å². The maximum atomic E-state index is 12.6. The quantitative estimate of drug-likeness (QED) is 0.726. The fraction of sp³-hybridized carbons (Fsp3) is 0.312. The first kappa shape index (κ1) is 12.9. The first-order valence-corrected chi connectivity index (χ1v) is 6.75. The van der Waals surface area contributed by atoms with E-state index >= 15 is 0 Å². The van der Waals surface area contributed by atoms with Gasteiger partial charge >= 0.3 is 0 Å². The number of aliphatic hydroxyl groups is 1. The molecule has 3 N–H and O–H groups in total. The van der Waals surface area contributed by atoms with Crippen LogP contribution >= 0.6 is 0 Å². The molecule has 1 amide bonds. The van der Waals surface area contributed by atoms with E-state index in [9.17, 15) is 9.90 Å². The zero-order chi connectivity index (χ0) is 14.3. The van der Waals surface area contributed by atoms with Crippen LogP contribution in [0.25, 0.3) is 10.9 Å². The predicted octanol–water partition coefficient (Wildman–Crippen LogP) is 1.64. The fourth-order valence-electron chi connectivity index (χ4n) is 2.94. The van der Waals surface area contributed by atoms with Crippen molar-refractivity contribution in [2.75, 3.05) is 6.61 Å². The lowest BCUT2D eigenvalue weighted by atomic mass is 9.77. The molecule has 20 heavy (non-hydrogen) atoms. The number of benzene rings is 1. The highest BCUT2D eigenvalue weighted by Crippen LogP contribution is 2.35. The summed E-state index contributed by atoms with van der Waals surface area (Å²) in [6, 6.07) is 5.64. The van der Waals surface area contributed by atoms with Crippen LogP contribution in [0.4, 0.5) is 0 Å². The number of rotatable bonds is 2. The zero-order valence-electron chi connectivity index (χ0n) is 11.4. The van der Waals surface area contributed by atoms with Crippen LogP contribution in [-0.2, 0) is 16.6 Å². The van der Waals surface area contributed by atoms with Gasteiger partial charge in [-0.1, -0.05) is 18.2 Å². The topological polar surface area (TPSA) is 65.1 Å². The van der Waals surface area contributed by atoms with Crippen molar-refractivity contribution >= 4 is 16.8 Å². The van der Waals surface area contributed by atoms with Crippen LogP contribution < -0.4 is 5.32 Å². The Morgan fingerprint density at radius 3 is 3.05 bits per heavy atom. The smallest absolute Gasteiger partial charge is 0.234 e. The lowest BCUT2D eigenvalue weighted by molar-refractivity contribution is -0.125. The second-order valence-electron chi connectivity index (χ2n) is 5.51. The molecule has 2 heterocycles. The van der Waals surface area contributed by atoms with Crippen molar-refractivity contribution < 1.29 is 9.90 Å². The summed E-state index contributed by atoms with van der Waals surface area (Å²) >= 11 is 0. The van der Waals surface area contributed by atoms with Crippen LogP contribution in [0.2, 0.25) is 0 Å². The molecule has 2 atom stereocenters. The fourth-order valence-corrected chi connectivity index (χ4v) is 2.94. The lowest BCUT2D eigenvalue weighted by Crippen LogP contribution is -2.49. The molecule has 4 nitrogen and oxygen atoms in total. The Hall–Kier alpha value is -2.07. The normalized spacial score (nSPS) is 25.9. The van der Waals surface area contributed by atoms with Crippen LogP contribution in [-0.4, -0.2) is 28.6 Å². The first-order valence-electron chi connectivity index (χ1n) is 6.75. The number of nitrogens with one attached hydrogen (secondary N) is 2. The summed E-state index contributed by atoms with van der Waals surface area (Å²) in [6.07, 6.45) is 4.25. The second kappa shape index (κ2) is 4.49. The highest BCUT2D eigenvalue weighted by atomic mass is 16.3. The van der Waals surface area contributed by atoms with Crippen molar-refractivity contribution in [1.82, 2.24) is 10.3 Å². The number of H-pyrrole nitrogens is 1. The number of hydrogen-bond donors (Lipinski definition) is 3. The van der Waals surface area contributed by atoms with Gasteiger partial charge in [0.05, 0.1) is 18.1 Å². The summed E-state index contributed by atoms with van der Waals surface area (Å²) in [5.74, 6) is -0.120. The van der Waals surface area contributed by atoms with Gasteiger partial charge in [-0.25, -0.2) is 0 Å². The molecule has 1 aliphatic rings. The van der Waals surface area contributed by atoms with Gasteiger partial charge < -0.3 is 15.4 Å². The third-order valence-electron chi connectivity index (χ3n) is 4.25. The summed E-state index contributed by atoms with van der Waals surface area (Å²) in [7, 11) is 0. The van der Waals surface area contributed by atoms with Gasteiger partial charge in [-0.15, -0.1) is 6.58 Å². The number of carbonyl (C=O) groups is 1. The van der Waals surface area contributed by atoms with E-state index in [-0.39, 0.29) is 18.6 Å². The summed E-state index contributed by atoms with van der Waals surface area (Å²) in [6.45, 7) is 5.63. The highest BCUT2D eigenvalue weighted by Gasteiger charge is 2.37. The SMILES string of the molecule is C=C[C@@]1(C)C(=O)N[C@H](CO)Cc2c[nH]c3cccc1c23. The number of carbonyl (C=O) groups excluding carboxylic acids is 1. The Labute approximate surface area is 117 Å². The van der Waals surface area contributed by atoms with Gasteiger partial charge in [0, 0.05) is 17.1 Å². The molecule has 4 heteroatoms. The second-order valence-corrected chi connectivity index (χ2v) is 5.51. The molecule has 0 saturated heterocycles. The maximum absolute atomic E-state index is 12.6. The average molecular weight is 270 g/mol. The van der Waals surface area contributed by atoms with Crippen molar-refractivity contribution in [2.24, 2.45) is 0 Å². The minimum absolute atomic E-state index is 0.0756. The summed E-state index contributed by atoms with van der Waals surface area (Å²) in [4.78, 5) is 15.8. The molecule has 1 aromatic carbocycles. The number of hydrogen-bond acceptors (Lipinski definition) is 2. The Morgan fingerprint density at radius 2 is 2.35 bits per heavy atom. The summed E-state index contributed by atoms with van der Waals surface area (Å²) in [5, 5.41) is 13.4. The Bertz CT molecular complexity index is 689. The number of amides is 1. The average Bonchev–Trinajstić information content (AvgIpc) is 2.87. The van der Waals surface area contributed by atoms with Gasteiger partial charge in [0.1, 0.15) is 0 Å². The largest absolute Gasteiger partial charge is 0.394 e. The van der Waals surface area contributed by atoms with Crippen LogP contribution in [0.3, 0.4) is 0 Å². The molecular formula is C16H18N2O2. The Morgan fingerprint density at radius 1 is 1.55 bits per heavy atom. The van der Waals surface area contributed by atoms with Gasteiger partial charge in [0.2, 0.25) is 5.91 Å². The van der Waals surface area contributed by atoms with Crippen molar-refractivity contribution in [3.05, 3.63) is 48.2 Å². The molecule has 0 saturated carbocycles. The van der Waals surface area contributed by atoms with E-state index in [1.165, 1.54) is 0 Å². The van der Waals surface area contributed by atoms with Crippen molar-refractivity contribution in [3.8, 4) is 0 Å². The molecule has 3 rings (SSSR count). The molecule has 0 radical (unpaired) electrons. The molecule has 1 aliphatic heterocycles. The third kappa shape index (κ3) is 1.68. The van der Waals surface area contributed by atoms with E-state index in [1.807, 2.05) is 31.3 Å². The minimum atomic E-state index is -0.801. The summed E-state index contributed by atoms with van der Waals surface area (Å²) in [5.41, 5.74) is 2.28. The standard InChI is InChI=1S/C16H18N2O2/c1-3-16(2)12-5-4-6-13-14(12)10(8-17-13)7-11(9-19)18-15(16)20/h3-6,8,11,17,19H,1,7,9H2,2H3,(H,18,20)/t11-,16+/m0/s1. The van der Waals surface area contributed by atoms with E-state index in [0.29, 0.717) is 6.42 Å². The Balaban J connectivity index is 2.34. The Kier molecular flexibility index (Phi) is 2.91. The van der Waals surface area contributed by atoms with E-state index in [0.717, 1.165) is 22.0 Å². The van der Waals surface area contributed by atoms with Crippen molar-refractivity contribution in [2.45, 2.75) is 24.8 Å². The zero-order valence-corrected chi connectivity index (χ0v) is 11.4. The van der Waals surface area contributed by atoms with Crippen LogP contribution in [0.15, 0.2) is 37.1 Å². The van der Waals surface area contributed by atoms with Gasteiger partial charge in [-0.05, 0) is 30.5 Å². The van der Waals surface area contributed by atoms with Crippen molar-refractivity contribution in [3.63, 3.8) is 0 Å². The van der Waals surface area contributed by atoms with E-state index in [1.54, 1.807) is 6.08 Å². The monoisotopic (exact) mass is 270 g/mol. The van der Waals surface area contributed by atoms with Gasteiger partial charge in [0.25, 0.3) is 0 Å². The van der Waals surface area contributed by atoms with Crippen molar-refractivity contribution in [1.29, 1.82) is 0 Å². The van der Waals surface area contributed by atoms with Crippen LogP contribution in [0.1, 0.15) is 18.1 Å². The number of aromatic nitrogens is 1. The third-order valence-corrected chi connectivity index (χ3v) is 4.25. The van der Waals surface area contributed by atoms with Crippen LogP contribution in [0, 0.1) is 0 Å². The first-order chi connectivity index (χ1) is 9.60. The highest BCUT2D eigenvalue weighted by molar-refractivity contribution is 5.98. The molecule has 0 bridgehead atoms. The number of aromatic amines is 1. The number of aliphatic hydroxyl groups excluding tert-OH is 1. The van der Waals surface area contributed by atoms with Gasteiger partial charge in [-0.2, -0.15) is 0 Å². The maximum Gasteiger partial charge on any atom is 0.234 e. The van der Waals surface area contributed by atoms with Gasteiger partial charge in [-0.3, -0.25) is 4.79 Å². The molecule has 0 unspecified atom stereocenters. The molecule has 2 aromatic rings. The molecule has 0 fully saturated rings. The van der Waals surface area contributed by atoms with E-state index < -0.39 is 5.41 Å². The van der Waals surface area contributed by atoms with E-state index in [4.69, 9.17) is 0 Å². The summed E-state index contributed by atoms with van der Waals surface area (Å²) < 4.78 is 0. The predicted molar refractivity (Wildman–Crippen MR) is 78.6 cm³/mol.